The van der Waals surface area contributed by atoms with Gasteiger partial charge in [0.2, 0.25) is 0 Å². The van der Waals surface area contributed by atoms with Gasteiger partial charge in [-0.05, 0) is 22.9 Å². The van der Waals surface area contributed by atoms with Gasteiger partial charge in [0.25, 0.3) is 0 Å². The number of halogens is 1. The first-order chi connectivity index (χ1) is 6.49. The summed E-state index contributed by atoms with van der Waals surface area (Å²) in [6.07, 6.45) is 0.503. The van der Waals surface area contributed by atoms with Crippen LogP contribution in [0.3, 0.4) is 0 Å². The van der Waals surface area contributed by atoms with Crippen LogP contribution < -0.4 is 0 Å². The molecule has 0 saturated heterocycles. The summed E-state index contributed by atoms with van der Waals surface area (Å²) in [5.74, 6) is 0. The molecule has 5 nitrogen and oxygen atoms in total. The van der Waals surface area contributed by atoms with Crippen molar-refractivity contribution < 1.29 is 9.84 Å². The second kappa shape index (κ2) is 4.37. The van der Waals surface area contributed by atoms with Gasteiger partial charge in [0, 0.05) is 27.2 Å². The number of rotatable bonds is 4. The highest BCUT2D eigenvalue weighted by Gasteiger charge is 2.29. The minimum Gasteiger partial charge on any atom is -0.385 e. The molecule has 1 atom stereocenters. The lowest BCUT2D eigenvalue weighted by atomic mass is 9.99. The molecular weight excluding hydrogens is 250 g/mol. The van der Waals surface area contributed by atoms with Crippen molar-refractivity contribution in [3.8, 4) is 0 Å². The number of aryl methyl sites for hydroxylation is 1. The van der Waals surface area contributed by atoms with E-state index in [1.165, 1.54) is 0 Å². The number of methoxy groups -OCH3 is 1. The van der Waals surface area contributed by atoms with Gasteiger partial charge < -0.3 is 9.84 Å². The minimum absolute atomic E-state index is 0.491. The lowest BCUT2D eigenvalue weighted by Gasteiger charge is -2.22. The van der Waals surface area contributed by atoms with Crippen LogP contribution in [0.1, 0.15) is 19.0 Å². The Morgan fingerprint density at radius 2 is 2.29 bits per heavy atom. The smallest absolute Gasteiger partial charge is 0.154 e. The van der Waals surface area contributed by atoms with E-state index in [0.717, 1.165) is 0 Å². The van der Waals surface area contributed by atoms with Crippen molar-refractivity contribution in [1.29, 1.82) is 0 Å². The highest BCUT2D eigenvalue weighted by atomic mass is 79.9. The van der Waals surface area contributed by atoms with E-state index in [4.69, 9.17) is 4.74 Å². The van der Waals surface area contributed by atoms with Gasteiger partial charge in [-0.25, -0.2) is 4.68 Å². The molecule has 1 unspecified atom stereocenters. The van der Waals surface area contributed by atoms with Crippen molar-refractivity contribution >= 4 is 15.9 Å². The van der Waals surface area contributed by atoms with Gasteiger partial charge in [-0.1, -0.05) is 5.21 Å². The number of ether oxygens (including phenoxy) is 1. The van der Waals surface area contributed by atoms with E-state index in [0.29, 0.717) is 23.3 Å². The molecule has 0 bridgehead atoms. The molecule has 0 aliphatic carbocycles. The van der Waals surface area contributed by atoms with Crippen molar-refractivity contribution in [3.05, 3.63) is 10.3 Å². The van der Waals surface area contributed by atoms with Gasteiger partial charge in [-0.3, -0.25) is 0 Å². The summed E-state index contributed by atoms with van der Waals surface area (Å²) in [5.41, 5.74) is -0.317. The zero-order valence-corrected chi connectivity index (χ0v) is 10.1. The van der Waals surface area contributed by atoms with Gasteiger partial charge in [-0.15, -0.1) is 5.10 Å². The summed E-state index contributed by atoms with van der Waals surface area (Å²) in [5, 5.41) is 17.8. The van der Waals surface area contributed by atoms with Crippen molar-refractivity contribution in [2.24, 2.45) is 7.05 Å². The van der Waals surface area contributed by atoms with E-state index in [1.807, 2.05) is 0 Å². The number of aromatic nitrogens is 3. The molecule has 0 aromatic carbocycles. The molecule has 0 fully saturated rings. The van der Waals surface area contributed by atoms with Crippen molar-refractivity contribution in [2.45, 2.75) is 18.9 Å². The average molecular weight is 264 g/mol. The van der Waals surface area contributed by atoms with Crippen molar-refractivity contribution in [3.63, 3.8) is 0 Å². The predicted octanol–water partition coefficient (Wildman–Crippen LogP) is 0.822. The molecule has 1 heterocycles. The van der Waals surface area contributed by atoms with Gasteiger partial charge in [0.15, 0.2) is 4.60 Å². The molecule has 0 aliphatic heterocycles. The summed E-state index contributed by atoms with van der Waals surface area (Å²) in [6, 6.07) is 0. The first kappa shape index (κ1) is 11.6. The lowest BCUT2D eigenvalue weighted by molar-refractivity contribution is 0.0136. The highest BCUT2D eigenvalue weighted by molar-refractivity contribution is 9.10. The molecule has 80 valence electrons. The number of hydrogen-bond acceptors (Lipinski definition) is 4. The average Bonchev–Trinajstić information content (AvgIpc) is 2.43. The highest BCUT2D eigenvalue weighted by Crippen LogP contribution is 2.28. The second-order valence-electron chi connectivity index (χ2n) is 3.37. The summed E-state index contributed by atoms with van der Waals surface area (Å²) in [7, 11) is 3.35. The molecule has 1 N–H and O–H groups in total. The first-order valence-corrected chi connectivity index (χ1v) is 5.05. The Hall–Kier alpha value is -0.460. The van der Waals surface area contributed by atoms with E-state index >= 15 is 0 Å². The van der Waals surface area contributed by atoms with E-state index in [1.54, 1.807) is 25.8 Å². The van der Waals surface area contributed by atoms with Crippen LogP contribution in [0.5, 0.6) is 0 Å². The van der Waals surface area contributed by atoms with Gasteiger partial charge >= 0.3 is 0 Å². The molecule has 1 aromatic heterocycles. The summed E-state index contributed by atoms with van der Waals surface area (Å²) < 4.78 is 7.06. The summed E-state index contributed by atoms with van der Waals surface area (Å²) >= 11 is 3.25. The third-order valence-electron chi connectivity index (χ3n) is 2.09. The van der Waals surface area contributed by atoms with E-state index < -0.39 is 5.60 Å². The maximum atomic E-state index is 10.2. The minimum atomic E-state index is -0.979. The summed E-state index contributed by atoms with van der Waals surface area (Å²) in [4.78, 5) is 0. The first-order valence-electron chi connectivity index (χ1n) is 4.26. The zero-order valence-electron chi connectivity index (χ0n) is 8.49. The molecule has 1 aromatic rings. The van der Waals surface area contributed by atoms with Gasteiger partial charge in [0.1, 0.15) is 11.3 Å². The maximum absolute atomic E-state index is 10.2. The van der Waals surface area contributed by atoms with Gasteiger partial charge in [0.05, 0.1) is 0 Å². The van der Waals surface area contributed by atoms with Crippen molar-refractivity contribution in [1.82, 2.24) is 15.0 Å². The van der Waals surface area contributed by atoms with Gasteiger partial charge in [-0.2, -0.15) is 0 Å². The zero-order chi connectivity index (χ0) is 10.8. The van der Waals surface area contributed by atoms with Crippen LogP contribution in [-0.4, -0.2) is 33.8 Å². The Kier molecular flexibility index (Phi) is 3.63. The Labute approximate surface area is 91.2 Å². The molecule has 0 amide bonds. The SMILES string of the molecule is COCCC(C)(O)c1c(Br)nnn1C. The quantitative estimate of drug-likeness (QED) is 0.874. The fraction of sp³-hybridized carbons (Fsp3) is 0.750. The van der Waals surface area contributed by atoms with Crippen LogP contribution in [0.4, 0.5) is 0 Å². The van der Waals surface area contributed by atoms with E-state index in [9.17, 15) is 5.11 Å². The predicted molar refractivity (Wildman–Crippen MR) is 54.8 cm³/mol. The molecular formula is C8H14BrN3O2. The largest absolute Gasteiger partial charge is 0.385 e. The number of nitrogens with zero attached hydrogens (tertiary/aromatic N) is 3. The Balaban J connectivity index is 2.90. The fourth-order valence-corrected chi connectivity index (χ4v) is 2.08. The number of hydrogen-bond donors (Lipinski definition) is 1. The lowest BCUT2D eigenvalue weighted by Crippen LogP contribution is -2.26. The van der Waals surface area contributed by atoms with Crippen LogP contribution in [-0.2, 0) is 17.4 Å². The van der Waals surface area contributed by atoms with Crippen LogP contribution >= 0.6 is 15.9 Å². The molecule has 14 heavy (non-hydrogen) atoms. The molecule has 0 saturated carbocycles. The molecule has 0 aliphatic rings. The Morgan fingerprint density at radius 3 is 2.71 bits per heavy atom. The molecule has 1 rings (SSSR count). The molecule has 0 spiro atoms. The third-order valence-corrected chi connectivity index (χ3v) is 2.62. The molecule has 6 heteroatoms. The molecule has 0 radical (unpaired) electrons. The summed E-state index contributed by atoms with van der Waals surface area (Å²) in [6.45, 7) is 2.21. The monoisotopic (exact) mass is 263 g/mol. The fourth-order valence-electron chi connectivity index (χ4n) is 1.32. The maximum Gasteiger partial charge on any atom is 0.154 e. The van der Waals surface area contributed by atoms with Crippen LogP contribution in [0, 0.1) is 0 Å². The van der Waals surface area contributed by atoms with Crippen LogP contribution in [0.25, 0.3) is 0 Å². The number of aliphatic hydroxyl groups is 1. The third kappa shape index (κ3) is 2.31. The van der Waals surface area contributed by atoms with Crippen molar-refractivity contribution in [2.75, 3.05) is 13.7 Å². The van der Waals surface area contributed by atoms with Crippen LogP contribution in [0.2, 0.25) is 0 Å². The van der Waals surface area contributed by atoms with E-state index in [2.05, 4.69) is 26.2 Å². The normalized spacial score (nSPS) is 15.5. The Bertz CT molecular complexity index is 292. The topological polar surface area (TPSA) is 60.2 Å². The Morgan fingerprint density at radius 1 is 1.64 bits per heavy atom. The van der Waals surface area contributed by atoms with Crippen LogP contribution in [0.15, 0.2) is 4.60 Å². The second-order valence-corrected chi connectivity index (χ2v) is 4.12. The van der Waals surface area contributed by atoms with E-state index in [-0.39, 0.29) is 0 Å². The standard InChI is InChI=1S/C8H14BrN3O2/c1-8(13,4-5-14-3)6-7(9)10-11-12(6)2/h13H,4-5H2,1-3H3.